The Morgan fingerprint density at radius 1 is 1.40 bits per heavy atom. The number of nitrogens with one attached hydrogen (secondary N) is 1. The van der Waals surface area contributed by atoms with Crippen molar-refractivity contribution in [1.82, 2.24) is 9.62 Å². The molecule has 0 fully saturated rings. The van der Waals surface area contributed by atoms with Crippen molar-refractivity contribution in [2.75, 3.05) is 13.2 Å². The number of hydrogen-bond donors (Lipinski definition) is 3. The molecule has 0 radical (unpaired) electrons. The fourth-order valence-electron chi connectivity index (χ4n) is 1.59. The highest BCUT2D eigenvalue weighted by atomic mass is 32.2. The summed E-state index contributed by atoms with van der Waals surface area (Å²) in [6, 6.07) is -0.776. The van der Waals surface area contributed by atoms with Crippen LogP contribution >= 0.6 is 0 Å². The number of carboxylic acid groups (broad SMARTS) is 1. The summed E-state index contributed by atoms with van der Waals surface area (Å²) in [5.41, 5.74) is 4.92. The number of amides is 3. The Morgan fingerprint density at radius 3 is 2.55 bits per heavy atom. The van der Waals surface area contributed by atoms with Gasteiger partial charge in [0.1, 0.15) is 0 Å². The van der Waals surface area contributed by atoms with E-state index in [0.29, 0.717) is 0 Å². The standard InChI is InChI=1S/C10H14FN3O5S/c11-2-1-3-14-10(18)13-6(4-8(12)15)7(20(14)19)5-9(16)17/h1-5H2,(H2,12,15)(H,13,18)(H,16,17). The molecule has 4 N–H and O–H groups in total. The number of carbonyl (C=O) groups excluding carboxylic acids is 2. The number of carbonyl (C=O) groups is 3. The third kappa shape index (κ3) is 4.02. The molecule has 1 aliphatic rings. The van der Waals surface area contributed by atoms with Crippen LogP contribution in [0.4, 0.5) is 9.18 Å². The summed E-state index contributed by atoms with van der Waals surface area (Å²) in [5.74, 6) is -2.06. The third-order valence-electron chi connectivity index (χ3n) is 2.39. The normalized spacial score (nSPS) is 18.9. The van der Waals surface area contributed by atoms with Gasteiger partial charge in [0.25, 0.3) is 0 Å². The number of urea groups is 1. The first-order valence-corrected chi connectivity index (χ1v) is 6.76. The van der Waals surface area contributed by atoms with Crippen molar-refractivity contribution in [3.8, 4) is 0 Å². The number of aliphatic carboxylic acids is 1. The maximum absolute atomic E-state index is 12.1. The van der Waals surface area contributed by atoms with Crippen molar-refractivity contribution >= 4 is 28.9 Å². The van der Waals surface area contributed by atoms with E-state index in [0.717, 1.165) is 4.31 Å². The number of carboxylic acids is 1. The molecule has 1 atom stereocenters. The zero-order chi connectivity index (χ0) is 15.3. The topological polar surface area (TPSA) is 130 Å². The molecule has 0 bridgehead atoms. The number of hydrogen-bond acceptors (Lipinski definition) is 4. The van der Waals surface area contributed by atoms with Crippen LogP contribution in [0.3, 0.4) is 0 Å². The summed E-state index contributed by atoms with van der Waals surface area (Å²) in [5, 5.41) is 11.1. The van der Waals surface area contributed by atoms with E-state index >= 15 is 0 Å². The first-order chi connectivity index (χ1) is 9.36. The molecule has 112 valence electrons. The van der Waals surface area contributed by atoms with E-state index in [1.54, 1.807) is 0 Å². The van der Waals surface area contributed by atoms with Crippen LogP contribution in [-0.2, 0) is 20.6 Å². The molecule has 1 aliphatic heterocycles. The van der Waals surface area contributed by atoms with Gasteiger partial charge in [-0.25, -0.2) is 13.3 Å². The second kappa shape index (κ2) is 6.98. The molecule has 8 nitrogen and oxygen atoms in total. The first kappa shape index (κ1) is 16.1. The average molecular weight is 307 g/mol. The smallest absolute Gasteiger partial charge is 0.333 e. The van der Waals surface area contributed by atoms with Gasteiger partial charge in [0.15, 0.2) is 11.0 Å². The van der Waals surface area contributed by atoms with E-state index in [2.05, 4.69) is 5.32 Å². The van der Waals surface area contributed by atoms with Crippen molar-refractivity contribution in [3.05, 3.63) is 10.6 Å². The highest BCUT2D eigenvalue weighted by Crippen LogP contribution is 2.23. The lowest BCUT2D eigenvalue weighted by Gasteiger charge is -2.29. The molecular weight excluding hydrogens is 293 g/mol. The SMILES string of the molecule is NC(=O)CC1=C(CC(=O)O)S(=O)N(CCCF)C(=O)N1. The van der Waals surface area contributed by atoms with Crippen molar-refractivity contribution in [2.24, 2.45) is 5.73 Å². The molecule has 0 spiro atoms. The molecule has 1 rings (SSSR count). The van der Waals surface area contributed by atoms with E-state index in [-0.39, 0.29) is 23.6 Å². The van der Waals surface area contributed by atoms with Crippen LogP contribution in [0.25, 0.3) is 0 Å². The molecule has 0 aromatic carbocycles. The minimum Gasteiger partial charge on any atom is -0.481 e. The minimum absolute atomic E-state index is 0.0232. The Hall–Kier alpha value is -1.97. The Kier molecular flexibility index (Phi) is 5.62. The second-order valence-electron chi connectivity index (χ2n) is 3.94. The largest absolute Gasteiger partial charge is 0.481 e. The molecule has 1 unspecified atom stereocenters. The van der Waals surface area contributed by atoms with Crippen molar-refractivity contribution in [3.63, 3.8) is 0 Å². The lowest BCUT2D eigenvalue weighted by molar-refractivity contribution is -0.136. The maximum Gasteiger partial charge on any atom is 0.333 e. The lowest BCUT2D eigenvalue weighted by Crippen LogP contribution is -2.47. The van der Waals surface area contributed by atoms with Crippen molar-refractivity contribution in [2.45, 2.75) is 19.3 Å². The molecular formula is C10H14FN3O5S. The molecule has 20 heavy (non-hydrogen) atoms. The summed E-state index contributed by atoms with van der Waals surface area (Å²) >= 11 is 0. The van der Waals surface area contributed by atoms with Crippen LogP contribution in [0, 0.1) is 0 Å². The summed E-state index contributed by atoms with van der Waals surface area (Å²) in [6.45, 7) is -0.824. The molecule has 3 amide bonds. The number of halogens is 1. The van der Waals surface area contributed by atoms with Crippen LogP contribution in [0.5, 0.6) is 0 Å². The van der Waals surface area contributed by atoms with Gasteiger partial charge in [0.2, 0.25) is 5.91 Å². The molecule has 0 aromatic heterocycles. The molecule has 0 aromatic rings. The van der Waals surface area contributed by atoms with Crippen LogP contribution in [-0.4, -0.2) is 44.7 Å². The van der Waals surface area contributed by atoms with Gasteiger partial charge in [-0.1, -0.05) is 0 Å². The molecule has 10 heteroatoms. The van der Waals surface area contributed by atoms with Crippen LogP contribution in [0.15, 0.2) is 10.6 Å². The van der Waals surface area contributed by atoms with Gasteiger partial charge in [0, 0.05) is 12.2 Å². The van der Waals surface area contributed by atoms with Crippen LogP contribution < -0.4 is 11.1 Å². The average Bonchev–Trinajstić information content (AvgIpc) is 2.33. The van der Waals surface area contributed by atoms with Gasteiger partial charge >= 0.3 is 12.0 Å². The number of alkyl halides is 1. The summed E-state index contributed by atoms with van der Waals surface area (Å²) in [4.78, 5) is 33.2. The van der Waals surface area contributed by atoms with Gasteiger partial charge in [-0.2, -0.15) is 0 Å². The fourth-order valence-corrected chi connectivity index (χ4v) is 2.92. The van der Waals surface area contributed by atoms with E-state index < -0.39 is 48.4 Å². The number of nitrogens with two attached hydrogens (primary N) is 1. The quantitative estimate of drug-likeness (QED) is 0.589. The van der Waals surface area contributed by atoms with Crippen molar-refractivity contribution in [1.29, 1.82) is 0 Å². The third-order valence-corrected chi connectivity index (χ3v) is 3.95. The van der Waals surface area contributed by atoms with E-state index in [4.69, 9.17) is 10.8 Å². The number of rotatable bonds is 7. The fraction of sp³-hybridized carbons (Fsp3) is 0.500. The van der Waals surface area contributed by atoms with E-state index in [9.17, 15) is 23.0 Å². The predicted octanol–water partition coefficient (Wildman–Crippen LogP) is -0.403. The minimum atomic E-state index is -2.07. The summed E-state index contributed by atoms with van der Waals surface area (Å²) < 4.78 is 25.1. The summed E-state index contributed by atoms with van der Waals surface area (Å²) in [6.07, 6.45) is -1.05. The van der Waals surface area contributed by atoms with Gasteiger partial charge in [0.05, 0.1) is 24.4 Å². The lowest BCUT2D eigenvalue weighted by atomic mass is 10.2. The van der Waals surface area contributed by atoms with Gasteiger partial charge in [-0.05, 0) is 6.42 Å². The second-order valence-corrected chi connectivity index (χ2v) is 5.37. The molecule has 1 heterocycles. The zero-order valence-electron chi connectivity index (χ0n) is 10.4. The monoisotopic (exact) mass is 307 g/mol. The Labute approximate surface area is 116 Å². The number of primary amides is 1. The van der Waals surface area contributed by atoms with E-state index in [1.807, 2.05) is 0 Å². The van der Waals surface area contributed by atoms with E-state index in [1.165, 1.54) is 0 Å². The highest BCUT2D eigenvalue weighted by molar-refractivity contribution is 7.87. The van der Waals surface area contributed by atoms with Gasteiger partial charge in [-0.15, -0.1) is 0 Å². The maximum atomic E-state index is 12.1. The van der Waals surface area contributed by atoms with Gasteiger partial charge < -0.3 is 16.2 Å². The zero-order valence-corrected chi connectivity index (χ0v) is 11.2. The Balaban J connectivity index is 3.07. The predicted molar refractivity (Wildman–Crippen MR) is 67.1 cm³/mol. The van der Waals surface area contributed by atoms with Crippen LogP contribution in [0.1, 0.15) is 19.3 Å². The van der Waals surface area contributed by atoms with Crippen molar-refractivity contribution < 1.29 is 28.1 Å². The highest BCUT2D eigenvalue weighted by Gasteiger charge is 2.33. The molecule has 0 saturated carbocycles. The first-order valence-electron chi connectivity index (χ1n) is 5.65. The summed E-state index contributed by atoms with van der Waals surface area (Å²) in [7, 11) is -2.07. The molecule has 0 aliphatic carbocycles. The van der Waals surface area contributed by atoms with Crippen LogP contribution in [0.2, 0.25) is 0 Å². The Bertz CT molecular complexity index is 493. The number of nitrogens with zero attached hydrogens (tertiary/aromatic N) is 1. The Morgan fingerprint density at radius 2 is 2.05 bits per heavy atom. The molecule has 0 saturated heterocycles. The van der Waals surface area contributed by atoms with Gasteiger partial charge in [-0.3, -0.25) is 14.0 Å².